The summed E-state index contributed by atoms with van der Waals surface area (Å²) in [5, 5.41) is 22.2. The van der Waals surface area contributed by atoms with Gasteiger partial charge < -0.3 is 26.6 Å². The van der Waals surface area contributed by atoms with Crippen LogP contribution in [-0.4, -0.2) is 52.7 Å². The molecule has 3 atom stereocenters. The highest BCUT2D eigenvalue weighted by molar-refractivity contribution is 5.91. The van der Waals surface area contributed by atoms with Crippen molar-refractivity contribution in [2.75, 3.05) is 6.54 Å². The van der Waals surface area contributed by atoms with Crippen molar-refractivity contribution in [1.29, 1.82) is 0 Å². The molecule has 8 heteroatoms. The highest BCUT2D eigenvalue weighted by atomic mass is 16.4. The molecular formula is C11H21N3O5. The summed E-state index contributed by atoms with van der Waals surface area (Å²) in [5.41, 5.74) is 5.44. The van der Waals surface area contributed by atoms with E-state index in [4.69, 9.17) is 10.8 Å². The number of hydrogen-bond donors (Lipinski definition) is 5. The molecule has 0 aromatic carbocycles. The Labute approximate surface area is 111 Å². The molecule has 0 saturated carbocycles. The molecule has 0 bridgehead atoms. The molecule has 0 fully saturated rings. The first-order chi connectivity index (χ1) is 8.66. The lowest BCUT2D eigenvalue weighted by atomic mass is 10.0. The predicted molar refractivity (Wildman–Crippen MR) is 67.1 cm³/mol. The lowest BCUT2D eigenvalue weighted by Crippen LogP contribution is -2.56. The summed E-state index contributed by atoms with van der Waals surface area (Å²) in [6.07, 6.45) is -1.05. The summed E-state index contributed by atoms with van der Waals surface area (Å²) in [6, 6.07) is -2.05. The van der Waals surface area contributed by atoms with Gasteiger partial charge in [-0.05, 0) is 12.8 Å². The summed E-state index contributed by atoms with van der Waals surface area (Å²) in [7, 11) is 0. The molecule has 0 aromatic rings. The Kier molecular flexibility index (Phi) is 7.02. The van der Waals surface area contributed by atoms with Crippen LogP contribution in [0.2, 0.25) is 0 Å². The Morgan fingerprint density at radius 2 is 1.68 bits per heavy atom. The molecule has 2 amide bonds. The third-order valence-electron chi connectivity index (χ3n) is 2.48. The van der Waals surface area contributed by atoms with Gasteiger partial charge in [-0.2, -0.15) is 0 Å². The summed E-state index contributed by atoms with van der Waals surface area (Å²) in [6.45, 7) is 4.22. The molecule has 110 valence electrons. The minimum absolute atomic E-state index is 0.251. The molecule has 0 aliphatic heterocycles. The Morgan fingerprint density at radius 1 is 1.16 bits per heavy atom. The number of aliphatic carboxylic acids is 1. The quantitative estimate of drug-likeness (QED) is 0.365. The molecule has 0 aliphatic rings. The molecule has 3 unspecified atom stereocenters. The highest BCUT2D eigenvalue weighted by Crippen LogP contribution is 2.03. The number of carbonyl (C=O) groups is 3. The zero-order valence-electron chi connectivity index (χ0n) is 11.2. The number of carboxylic acids is 1. The molecular weight excluding hydrogens is 254 g/mol. The van der Waals surface area contributed by atoms with Crippen molar-refractivity contribution in [3.63, 3.8) is 0 Å². The van der Waals surface area contributed by atoms with Crippen molar-refractivity contribution in [3.05, 3.63) is 0 Å². The average Bonchev–Trinajstić information content (AvgIpc) is 2.30. The molecule has 0 aromatic heterocycles. The van der Waals surface area contributed by atoms with Crippen LogP contribution >= 0.6 is 0 Å². The van der Waals surface area contributed by atoms with Gasteiger partial charge >= 0.3 is 5.97 Å². The number of carboxylic acid groups (broad SMARTS) is 1. The molecule has 0 radical (unpaired) electrons. The van der Waals surface area contributed by atoms with Gasteiger partial charge in [0.25, 0.3) is 0 Å². The van der Waals surface area contributed by atoms with Crippen LogP contribution in [0.3, 0.4) is 0 Å². The Hall–Kier alpha value is -1.67. The Morgan fingerprint density at radius 3 is 2.05 bits per heavy atom. The standard InChI is InChI=1S/C11H21N3O5/c1-5(2)9(11(19)13-4-7(16)17)14-10(18)8(12)6(3)15/h5-6,8-9,15H,4,12H2,1-3H3,(H,13,19)(H,14,18)(H,16,17). The molecule has 19 heavy (non-hydrogen) atoms. The fourth-order valence-corrected chi connectivity index (χ4v) is 1.28. The summed E-state index contributed by atoms with van der Waals surface area (Å²) in [5.74, 6) is -2.70. The van der Waals surface area contributed by atoms with Crippen molar-refractivity contribution in [2.24, 2.45) is 11.7 Å². The molecule has 0 rings (SSSR count). The second-order valence-electron chi connectivity index (χ2n) is 4.61. The second-order valence-corrected chi connectivity index (χ2v) is 4.61. The number of carbonyl (C=O) groups excluding carboxylic acids is 2. The normalized spacial score (nSPS) is 15.5. The zero-order chi connectivity index (χ0) is 15.2. The van der Waals surface area contributed by atoms with E-state index in [0.717, 1.165) is 0 Å². The maximum absolute atomic E-state index is 11.7. The topological polar surface area (TPSA) is 142 Å². The van der Waals surface area contributed by atoms with Gasteiger partial charge in [-0.25, -0.2) is 0 Å². The number of nitrogens with two attached hydrogens (primary N) is 1. The lowest BCUT2D eigenvalue weighted by molar-refractivity contribution is -0.138. The second kappa shape index (κ2) is 7.70. The zero-order valence-corrected chi connectivity index (χ0v) is 11.2. The smallest absolute Gasteiger partial charge is 0.322 e. The van der Waals surface area contributed by atoms with Gasteiger partial charge in [0.05, 0.1) is 6.10 Å². The van der Waals surface area contributed by atoms with Gasteiger partial charge in [0, 0.05) is 0 Å². The maximum Gasteiger partial charge on any atom is 0.322 e. The van der Waals surface area contributed by atoms with E-state index in [0.29, 0.717) is 0 Å². The fourth-order valence-electron chi connectivity index (χ4n) is 1.28. The summed E-state index contributed by atoms with van der Waals surface area (Å²) < 4.78 is 0. The number of aliphatic hydroxyl groups is 1. The SMILES string of the molecule is CC(C)C(NC(=O)C(N)C(C)O)C(=O)NCC(=O)O. The molecule has 6 N–H and O–H groups in total. The number of nitrogens with one attached hydrogen (secondary N) is 2. The first-order valence-electron chi connectivity index (χ1n) is 5.90. The molecule has 0 heterocycles. The van der Waals surface area contributed by atoms with Gasteiger partial charge in [-0.15, -0.1) is 0 Å². The third kappa shape index (κ3) is 6.16. The van der Waals surface area contributed by atoms with Crippen molar-refractivity contribution >= 4 is 17.8 Å². The average molecular weight is 275 g/mol. The van der Waals surface area contributed by atoms with Crippen molar-refractivity contribution in [2.45, 2.75) is 39.0 Å². The van der Waals surface area contributed by atoms with Gasteiger partial charge in [-0.1, -0.05) is 13.8 Å². The third-order valence-corrected chi connectivity index (χ3v) is 2.48. The van der Waals surface area contributed by atoms with Gasteiger partial charge in [0.1, 0.15) is 18.6 Å². The van der Waals surface area contributed by atoms with E-state index < -0.39 is 42.5 Å². The Balaban J connectivity index is 4.61. The van der Waals surface area contributed by atoms with E-state index in [1.165, 1.54) is 6.92 Å². The van der Waals surface area contributed by atoms with Crippen molar-refractivity contribution in [3.8, 4) is 0 Å². The van der Waals surface area contributed by atoms with Crippen LogP contribution in [-0.2, 0) is 14.4 Å². The van der Waals surface area contributed by atoms with E-state index in [9.17, 15) is 19.5 Å². The van der Waals surface area contributed by atoms with Gasteiger partial charge in [0.2, 0.25) is 11.8 Å². The Bertz CT molecular complexity index is 343. The number of hydrogen-bond acceptors (Lipinski definition) is 5. The molecule has 0 aliphatic carbocycles. The first-order valence-corrected chi connectivity index (χ1v) is 5.90. The van der Waals surface area contributed by atoms with Gasteiger partial charge in [-0.3, -0.25) is 14.4 Å². The van der Waals surface area contributed by atoms with E-state index in [-0.39, 0.29) is 5.92 Å². The van der Waals surface area contributed by atoms with Crippen LogP contribution in [0.25, 0.3) is 0 Å². The number of rotatable bonds is 7. The van der Waals surface area contributed by atoms with E-state index in [1.54, 1.807) is 13.8 Å². The van der Waals surface area contributed by atoms with Crippen molar-refractivity contribution < 1.29 is 24.6 Å². The minimum atomic E-state index is -1.18. The highest BCUT2D eigenvalue weighted by Gasteiger charge is 2.28. The summed E-state index contributed by atoms with van der Waals surface area (Å²) in [4.78, 5) is 33.7. The van der Waals surface area contributed by atoms with E-state index >= 15 is 0 Å². The molecule has 0 spiro atoms. The van der Waals surface area contributed by atoms with Crippen LogP contribution in [0, 0.1) is 5.92 Å². The van der Waals surface area contributed by atoms with E-state index in [1.807, 2.05) is 0 Å². The molecule has 8 nitrogen and oxygen atoms in total. The van der Waals surface area contributed by atoms with Crippen LogP contribution in [0.4, 0.5) is 0 Å². The van der Waals surface area contributed by atoms with E-state index in [2.05, 4.69) is 10.6 Å². The monoisotopic (exact) mass is 275 g/mol. The van der Waals surface area contributed by atoms with Crippen molar-refractivity contribution in [1.82, 2.24) is 10.6 Å². The first kappa shape index (κ1) is 17.3. The largest absolute Gasteiger partial charge is 0.480 e. The summed E-state index contributed by atoms with van der Waals surface area (Å²) >= 11 is 0. The van der Waals surface area contributed by atoms with Crippen LogP contribution in [0.5, 0.6) is 0 Å². The maximum atomic E-state index is 11.7. The van der Waals surface area contributed by atoms with Crippen LogP contribution in [0.15, 0.2) is 0 Å². The number of amides is 2. The van der Waals surface area contributed by atoms with Gasteiger partial charge in [0.15, 0.2) is 0 Å². The lowest BCUT2D eigenvalue weighted by Gasteiger charge is -2.24. The van der Waals surface area contributed by atoms with Crippen LogP contribution < -0.4 is 16.4 Å². The fraction of sp³-hybridized carbons (Fsp3) is 0.727. The number of aliphatic hydroxyl groups excluding tert-OH is 1. The predicted octanol–water partition coefficient (Wildman–Crippen LogP) is -1.96. The van der Waals surface area contributed by atoms with Crippen LogP contribution in [0.1, 0.15) is 20.8 Å². The molecule has 0 saturated heterocycles. The minimum Gasteiger partial charge on any atom is -0.480 e.